The second-order valence-electron chi connectivity index (χ2n) is 4.60. The van der Waals surface area contributed by atoms with Gasteiger partial charge in [-0.2, -0.15) is 0 Å². The Morgan fingerprint density at radius 3 is 2.36 bits per heavy atom. The summed E-state index contributed by atoms with van der Waals surface area (Å²) >= 11 is 0. The van der Waals surface area contributed by atoms with Gasteiger partial charge in [-0.1, -0.05) is 6.07 Å². The van der Waals surface area contributed by atoms with E-state index in [1.165, 1.54) is 0 Å². The number of anilines is 2. The van der Waals surface area contributed by atoms with Crippen LogP contribution in [0.25, 0.3) is 0 Å². The zero-order valence-electron chi connectivity index (χ0n) is 12.8. The van der Waals surface area contributed by atoms with Crippen LogP contribution in [0.15, 0.2) is 42.5 Å². The molecule has 0 aromatic heterocycles. The van der Waals surface area contributed by atoms with Gasteiger partial charge in [-0.25, -0.2) is 0 Å². The number of rotatable bonds is 6. The summed E-state index contributed by atoms with van der Waals surface area (Å²) in [5, 5.41) is 2.79. The van der Waals surface area contributed by atoms with Crippen molar-refractivity contribution in [3.8, 4) is 11.5 Å². The first-order chi connectivity index (χ1) is 10.6. The van der Waals surface area contributed by atoms with Gasteiger partial charge in [0.1, 0.15) is 11.5 Å². The summed E-state index contributed by atoms with van der Waals surface area (Å²) in [6, 6.07) is 12.2. The van der Waals surface area contributed by atoms with Crippen LogP contribution in [0.3, 0.4) is 0 Å². The number of ether oxygens (including phenoxy) is 2. The summed E-state index contributed by atoms with van der Waals surface area (Å²) in [7, 11) is 0. The highest BCUT2D eigenvalue weighted by atomic mass is 16.5. The molecular weight excluding hydrogens is 280 g/mol. The maximum Gasteiger partial charge on any atom is 0.255 e. The molecule has 1 amide bonds. The van der Waals surface area contributed by atoms with Crippen LogP contribution in [-0.4, -0.2) is 19.1 Å². The molecule has 5 heteroatoms. The lowest BCUT2D eigenvalue weighted by molar-refractivity contribution is 0.102. The van der Waals surface area contributed by atoms with Gasteiger partial charge < -0.3 is 20.5 Å². The van der Waals surface area contributed by atoms with Crippen molar-refractivity contribution in [2.75, 3.05) is 24.3 Å². The van der Waals surface area contributed by atoms with Gasteiger partial charge >= 0.3 is 0 Å². The lowest BCUT2D eigenvalue weighted by atomic mass is 10.2. The molecule has 0 bridgehead atoms. The minimum Gasteiger partial charge on any atom is -0.494 e. The van der Waals surface area contributed by atoms with Crippen molar-refractivity contribution in [3.63, 3.8) is 0 Å². The Balaban J connectivity index is 2.13. The first kappa shape index (κ1) is 15.7. The summed E-state index contributed by atoms with van der Waals surface area (Å²) < 4.78 is 10.8. The zero-order valence-corrected chi connectivity index (χ0v) is 12.8. The van der Waals surface area contributed by atoms with E-state index in [9.17, 15) is 4.79 Å². The van der Waals surface area contributed by atoms with Crippen molar-refractivity contribution >= 4 is 17.3 Å². The van der Waals surface area contributed by atoms with Crippen LogP contribution in [0, 0.1) is 0 Å². The Morgan fingerprint density at radius 1 is 1.05 bits per heavy atom. The number of nitrogens with one attached hydrogen (secondary N) is 1. The molecule has 22 heavy (non-hydrogen) atoms. The highest BCUT2D eigenvalue weighted by molar-refractivity contribution is 6.06. The lowest BCUT2D eigenvalue weighted by Crippen LogP contribution is -2.13. The summed E-state index contributed by atoms with van der Waals surface area (Å²) in [6.45, 7) is 4.91. The number of nitrogen functional groups attached to an aromatic ring is 1. The molecular formula is C17H20N2O3. The Labute approximate surface area is 130 Å². The quantitative estimate of drug-likeness (QED) is 0.803. The summed E-state index contributed by atoms with van der Waals surface area (Å²) in [6.07, 6.45) is 0. The van der Waals surface area contributed by atoms with Gasteiger partial charge in [-0.15, -0.1) is 0 Å². The number of nitrogens with two attached hydrogens (primary N) is 1. The topological polar surface area (TPSA) is 73.6 Å². The molecule has 0 saturated carbocycles. The maximum absolute atomic E-state index is 12.3. The van der Waals surface area contributed by atoms with E-state index < -0.39 is 0 Å². The van der Waals surface area contributed by atoms with E-state index >= 15 is 0 Å². The fourth-order valence-corrected chi connectivity index (χ4v) is 2.00. The van der Waals surface area contributed by atoms with Crippen LogP contribution >= 0.6 is 0 Å². The predicted octanol–water partition coefficient (Wildman–Crippen LogP) is 3.32. The Kier molecular flexibility index (Phi) is 5.25. The first-order valence-corrected chi connectivity index (χ1v) is 7.20. The van der Waals surface area contributed by atoms with Crippen molar-refractivity contribution in [1.82, 2.24) is 0 Å². The molecule has 0 heterocycles. The second kappa shape index (κ2) is 7.36. The van der Waals surface area contributed by atoms with Gasteiger partial charge in [0.2, 0.25) is 0 Å². The molecule has 3 N–H and O–H groups in total. The highest BCUT2D eigenvalue weighted by Crippen LogP contribution is 2.25. The first-order valence-electron chi connectivity index (χ1n) is 7.20. The highest BCUT2D eigenvalue weighted by Gasteiger charge is 2.10. The third-order valence-corrected chi connectivity index (χ3v) is 2.99. The number of benzene rings is 2. The van der Waals surface area contributed by atoms with E-state index in [1.54, 1.807) is 36.4 Å². The Hall–Kier alpha value is -2.69. The van der Waals surface area contributed by atoms with Gasteiger partial charge in [0.05, 0.1) is 24.6 Å². The van der Waals surface area contributed by atoms with Gasteiger partial charge in [0, 0.05) is 11.6 Å². The molecule has 0 aliphatic rings. The fraction of sp³-hybridized carbons (Fsp3) is 0.235. The summed E-state index contributed by atoms with van der Waals surface area (Å²) in [4.78, 5) is 12.3. The van der Waals surface area contributed by atoms with E-state index in [1.807, 2.05) is 19.9 Å². The van der Waals surface area contributed by atoms with Gasteiger partial charge in [0.15, 0.2) is 0 Å². The van der Waals surface area contributed by atoms with E-state index in [-0.39, 0.29) is 5.91 Å². The van der Waals surface area contributed by atoms with Gasteiger partial charge in [-0.05, 0) is 44.2 Å². The zero-order chi connectivity index (χ0) is 15.9. The van der Waals surface area contributed by atoms with Crippen molar-refractivity contribution in [2.45, 2.75) is 13.8 Å². The number of hydrogen-bond acceptors (Lipinski definition) is 4. The van der Waals surface area contributed by atoms with E-state index in [4.69, 9.17) is 15.2 Å². The molecule has 0 spiro atoms. The molecule has 0 aliphatic carbocycles. The van der Waals surface area contributed by atoms with E-state index in [2.05, 4.69) is 5.32 Å². The smallest absolute Gasteiger partial charge is 0.255 e. The SMILES string of the molecule is CCOc1cccc(C(=O)Nc2ccc(OCC)cc2N)c1. The molecule has 116 valence electrons. The third kappa shape index (κ3) is 3.91. The van der Waals surface area contributed by atoms with Crippen LogP contribution < -0.4 is 20.5 Å². The van der Waals surface area contributed by atoms with Crippen LogP contribution in [0.2, 0.25) is 0 Å². The summed E-state index contributed by atoms with van der Waals surface area (Å²) in [5.74, 6) is 1.10. The summed E-state index contributed by atoms with van der Waals surface area (Å²) in [5.41, 5.74) is 7.46. The number of carbonyl (C=O) groups excluding carboxylic acids is 1. The van der Waals surface area contributed by atoms with Crippen molar-refractivity contribution in [3.05, 3.63) is 48.0 Å². The van der Waals surface area contributed by atoms with Crippen molar-refractivity contribution < 1.29 is 14.3 Å². The van der Waals surface area contributed by atoms with E-state index in [0.717, 1.165) is 0 Å². The fourth-order valence-electron chi connectivity index (χ4n) is 2.00. The molecule has 2 aromatic carbocycles. The average Bonchev–Trinajstić information content (AvgIpc) is 2.51. The molecule has 2 rings (SSSR count). The van der Waals surface area contributed by atoms with Crippen LogP contribution in [-0.2, 0) is 0 Å². The van der Waals surface area contributed by atoms with Crippen LogP contribution in [0.4, 0.5) is 11.4 Å². The molecule has 0 unspecified atom stereocenters. The molecule has 0 radical (unpaired) electrons. The monoisotopic (exact) mass is 300 g/mol. The predicted molar refractivity (Wildman–Crippen MR) is 87.6 cm³/mol. The standard InChI is InChI=1S/C17H20N2O3/c1-3-21-13-7-5-6-12(10-13)17(20)19-16-9-8-14(22-4-2)11-15(16)18/h5-11H,3-4,18H2,1-2H3,(H,19,20). The van der Waals surface area contributed by atoms with Crippen LogP contribution in [0.1, 0.15) is 24.2 Å². The minimum absolute atomic E-state index is 0.239. The molecule has 0 atom stereocenters. The maximum atomic E-state index is 12.3. The lowest BCUT2D eigenvalue weighted by Gasteiger charge is -2.11. The van der Waals surface area contributed by atoms with Gasteiger partial charge in [-0.3, -0.25) is 4.79 Å². The average molecular weight is 300 g/mol. The van der Waals surface area contributed by atoms with Crippen molar-refractivity contribution in [2.24, 2.45) is 0 Å². The molecule has 5 nitrogen and oxygen atoms in total. The third-order valence-electron chi connectivity index (χ3n) is 2.99. The molecule has 2 aromatic rings. The number of hydrogen-bond donors (Lipinski definition) is 2. The van der Waals surface area contributed by atoms with E-state index in [0.29, 0.717) is 41.7 Å². The normalized spacial score (nSPS) is 10.1. The molecule has 0 fully saturated rings. The number of carbonyl (C=O) groups is 1. The molecule has 0 aliphatic heterocycles. The largest absolute Gasteiger partial charge is 0.494 e. The van der Waals surface area contributed by atoms with Crippen molar-refractivity contribution in [1.29, 1.82) is 0 Å². The number of amides is 1. The van der Waals surface area contributed by atoms with Gasteiger partial charge in [0.25, 0.3) is 5.91 Å². The second-order valence-corrected chi connectivity index (χ2v) is 4.60. The van der Waals surface area contributed by atoms with Crippen LogP contribution in [0.5, 0.6) is 11.5 Å². The Bertz CT molecular complexity index is 656. The minimum atomic E-state index is -0.239. The molecule has 0 saturated heterocycles. The Morgan fingerprint density at radius 2 is 1.73 bits per heavy atom.